The van der Waals surface area contributed by atoms with Gasteiger partial charge in [-0.25, -0.2) is 0 Å². The summed E-state index contributed by atoms with van der Waals surface area (Å²) in [5.74, 6) is -0.607. The van der Waals surface area contributed by atoms with E-state index in [-0.39, 0.29) is 5.56 Å². The second-order valence-electron chi connectivity index (χ2n) is 5.48. The zero-order chi connectivity index (χ0) is 18.4. The molecule has 0 aliphatic heterocycles. The molecule has 2 amide bonds. The fourth-order valence-corrected chi connectivity index (χ4v) is 2.44. The quantitative estimate of drug-likeness (QED) is 0.650. The third kappa shape index (κ3) is 5.09. The van der Waals surface area contributed by atoms with E-state index >= 15 is 0 Å². The number of carbonyl (C=O) groups is 2. The number of benzene rings is 2. The van der Waals surface area contributed by atoms with Crippen LogP contribution in [-0.4, -0.2) is 18.9 Å². The van der Waals surface area contributed by atoms with Crippen LogP contribution in [-0.2, 0) is 4.79 Å². The third-order valence-electron chi connectivity index (χ3n) is 3.54. The largest absolute Gasteiger partial charge is 0.496 e. The number of methoxy groups -OCH3 is 1. The molecule has 0 saturated carbocycles. The summed E-state index contributed by atoms with van der Waals surface area (Å²) < 4.78 is 5.11. The maximum Gasteiger partial charge on any atom is 0.273 e. The summed E-state index contributed by atoms with van der Waals surface area (Å²) in [4.78, 5) is 24.0. The van der Waals surface area contributed by atoms with E-state index in [4.69, 9.17) is 16.3 Å². The highest BCUT2D eigenvalue weighted by atomic mass is 35.5. The van der Waals surface area contributed by atoms with Crippen LogP contribution < -0.4 is 15.6 Å². The maximum atomic E-state index is 12.2. The lowest BCUT2D eigenvalue weighted by Crippen LogP contribution is -2.40. The van der Waals surface area contributed by atoms with Gasteiger partial charge in [-0.2, -0.15) is 0 Å². The van der Waals surface area contributed by atoms with Crippen LogP contribution in [0.25, 0.3) is 6.08 Å². The van der Waals surface area contributed by atoms with Crippen molar-refractivity contribution in [1.29, 1.82) is 0 Å². The lowest BCUT2D eigenvalue weighted by atomic mass is 10.1. The number of ether oxygens (including phenoxy) is 1. The van der Waals surface area contributed by atoms with Gasteiger partial charge in [0, 0.05) is 11.1 Å². The Morgan fingerprint density at radius 2 is 1.84 bits per heavy atom. The smallest absolute Gasteiger partial charge is 0.273 e. The summed E-state index contributed by atoms with van der Waals surface area (Å²) in [6, 6.07) is 10.6. The number of hydrazine groups is 1. The Morgan fingerprint density at radius 3 is 2.52 bits per heavy atom. The lowest BCUT2D eigenvalue weighted by Gasteiger charge is -2.09. The van der Waals surface area contributed by atoms with Gasteiger partial charge in [-0.15, -0.1) is 0 Å². The molecule has 2 aromatic carbocycles. The second kappa shape index (κ2) is 8.35. The van der Waals surface area contributed by atoms with Crippen molar-refractivity contribution in [2.75, 3.05) is 7.11 Å². The third-order valence-corrected chi connectivity index (χ3v) is 3.78. The molecule has 0 saturated heterocycles. The summed E-state index contributed by atoms with van der Waals surface area (Å²) >= 11 is 5.89. The van der Waals surface area contributed by atoms with E-state index < -0.39 is 11.8 Å². The Hall–Kier alpha value is -2.79. The first kappa shape index (κ1) is 18.5. The molecule has 2 aromatic rings. The number of amides is 2. The molecule has 0 aliphatic carbocycles. The van der Waals surface area contributed by atoms with E-state index in [9.17, 15) is 9.59 Å². The predicted molar refractivity (Wildman–Crippen MR) is 98.6 cm³/mol. The van der Waals surface area contributed by atoms with Gasteiger partial charge in [0.1, 0.15) is 5.75 Å². The molecule has 0 fully saturated rings. The van der Waals surface area contributed by atoms with Gasteiger partial charge in [-0.1, -0.05) is 35.4 Å². The number of rotatable bonds is 4. The molecule has 0 unspecified atom stereocenters. The number of hydrogen-bond acceptors (Lipinski definition) is 3. The number of halogens is 1. The second-order valence-corrected chi connectivity index (χ2v) is 5.92. The maximum absolute atomic E-state index is 12.2. The fourth-order valence-electron chi connectivity index (χ4n) is 2.26. The number of nitrogens with one attached hydrogen (secondary N) is 2. The first-order valence-electron chi connectivity index (χ1n) is 7.60. The van der Waals surface area contributed by atoms with Gasteiger partial charge < -0.3 is 4.74 Å². The minimum Gasteiger partial charge on any atom is -0.496 e. The van der Waals surface area contributed by atoms with Crippen LogP contribution in [0, 0.1) is 13.8 Å². The number of hydrogen-bond donors (Lipinski definition) is 2. The fraction of sp³-hybridized carbons (Fsp3) is 0.158. The number of aryl methyl sites for hydroxylation is 2. The monoisotopic (exact) mass is 358 g/mol. The Balaban J connectivity index is 1.99. The summed E-state index contributed by atoms with van der Waals surface area (Å²) in [7, 11) is 1.45. The van der Waals surface area contributed by atoms with Crippen LogP contribution in [0.1, 0.15) is 27.0 Å². The Kier molecular flexibility index (Phi) is 6.19. The van der Waals surface area contributed by atoms with Crippen LogP contribution in [0.5, 0.6) is 5.75 Å². The van der Waals surface area contributed by atoms with Crippen LogP contribution in [0.3, 0.4) is 0 Å². The van der Waals surface area contributed by atoms with Gasteiger partial charge >= 0.3 is 0 Å². The first-order valence-corrected chi connectivity index (χ1v) is 7.97. The summed E-state index contributed by atoms with van der Waals surface area (Å²) in [5.41, 5.74) is 8.05. The van der Waals surface area contributed by atoms with Gasteiger partial charge in [0.05, 0.1) is 12.7 Å². The molecule has 5 nitrogen and oxygen atoms in total. The lowest BCUT2D eigenvalue weighted by molar-refractivity contribution is -0.117. The molecule has 0 heterocycles. The van der Waals surface area contributed by atoms with Crippen molar-refractivity contribution < 1.29 is 14.3 Å². The van der Waals surface area contributed by atoms with E-state index in [1.807, 2.05) is 32.0 Å². The van der Waals surface area contributed by atoms with Crippen molar-refractivity contribution in [3.8, 4) is 5.75 Å². The minimum atomic E-state index is -0.521. The van der Waals surface area contributed by atoms with Crippen molar-refractivity contribution in [2.45, 2.75) is 13.8 Å². The molecule has 0 aromatic heterocycles. The molecule has 0 bridgehead atoms. The zero-order valence-corrected chi connectivity index (χ0v) is 15.0. The van der Waals surface area contributed by atoms with Crippen LogP contribution in [0.4, 0.5) is 0 Å². The van der Waals surface area contributed by atoms with Crippen molar-refractivity contribution in [2.24, 2.45) is 0 Å². The minimum absolute atomic E-state index is 0.230. The van der Waals surface area contributed by atoms with Crippen LogP contribution in [0.15, 0.2) is 42.5 Å². The first-order chi connectivity index (χ1) is 11.9. The topological polar surface area (TPSA) is 67.4 Å². The standard InChI is InChI=1S/C19H19ClN2O3/c1-12-4-5-14(13(2)10-12)6-9-18(23)21-22-19(24)16-11-15(20)7-8-17(16)25-3/h4-11H,1-3H3,(H,21,23)(H,22,24)/b9-6+. The van der Waals surface area contributed by atoms with Crippen molar-refractivity contribution in [1.82, 2.24) is 10.9 Å². The summed E-state index contributed by atoms with van der Waals surface area (Å²) in [6.07, 6.45) is 3.05. The molecule has 0 spiro atoms. The Bertz CT molecular complexity index is 831. The molecule has 25 heavy (non-hydrogen) atoms. The Labute approximate surface area is 151 Å². The molecule has 2 N–H and O–H groups in total. The van der Waals surface area contributed by atoms with E-state index in [0.29, 0.717) is 10.8 Å². The molecule has 0 radical (unpaired) electrons. The van der Waals surface area contributed by atoms with Crippen LogP contribution in [0.2, 0.25) is 5.02 Å². The average molecular weight is 359 g/mol. The van der Waals surface area contributed by atoms with Gasteiger partial charge in [0.25, 0.3) is 11.8 Å². The molecular weight excluding hydrogens is 340 g/mol. The molecule has 2 rings (SSSR count). The van der Waals surface area contributed by atoms with E-state index in [0.717, 1.165) is 16.7 Å². The highest BCUT2D eigenvalue weighted by Crippen LogP contribution is 2.22. The van der Waals surface area contributed by atoms with E-state index in [1.165, 1.54) is 19.3 Å². The predicted octanol–water partition coefficient (Wildman–Crippen LogP) is 3.44. The number of carbonyl (C=O) groups excluding carboxylic acids is 2. The summed E-state index contributed by atoms with van der Waals surface area (Å²) in [5, 5.41) is 0.395. The van der Waals surface area contributed by atoms with Gasteiger partial charge in [0.2, 0.25) is 0 Å². The van der Waals surface area contributed by atoms with Crippen LogP contribution >= 0.6 is 11.6 Å². The molecule has 0 atom stereocenters. The van der Waals surface area contributed by atoms with E-state index in [1.54, 1.807) is 18.2 Å². The van der Waals surface area contributed by atoms with Crippen molar-refractivity contribution in [3.05, 3.63) is 69.8 Å². The zero-order valence-electron chi connectivity index (χ0n) is 14.2. The average Bonchev–Trinajstić information content (AvgIpc) is 2.58. The van der Waals surface area contributed by atoms with Gasteiger partial charge in [0.15, 0.2) is 0 Å². The SMILES string of the molecule is COc1ccc(Cl)cc1C(=O)NNC(=O)/C=C/c1ccc(C)cc1C. The van der Waals surface area contributed by atoms with Gasteiger partial charge in [-0.05, 0) is 49.2 Å². The molecule has 6 heteroatoms. The van der Waals surface area contributed by atoms with E-state index in [2.05, 4.69) is 10.9 Å². The molecule has 130 valence electrons. The van der Waals surface area contributed by atoms with Crippen molar-refractivity contribution >= 4 is 29.5 Å². The summed E-state index contributed by atoms with van der Waals surface area (Å²) in [6.45, 7) is 3.98. The highest BCUT2D eigenvalue weighted by molar-refractivity contribution is 6.31. The molecular formula is C19H19ClN2O3. The van der Waals surface area contributed by atoms with Gasteiger partial charge in [-0.3, -0.25) is 20.4 Å². The normalized spacial score (nSPS) is 10.6. The Morgan fingerprint density at radius 1 is 1.08 bits per heavy atom. The van der Waals surface area contributed by atoms with Crippen molar-refractivity contribution in [3.63, 3.8) is 0 Å². The highest BCUT2D eigenvalue weighted by Gasteiger charge is 2.13. The molecule has 0 aliphatic rings.